The number of nitrogens with one attached hydrogen (secondary N) is 1. The van der Waals surface area contributed by atoms with Crippen molar-refractivity contribution in [2.75, 3.05) is 5.32 Å². The van der Waals surface area contributed by atoms with Gasteiger partial charge >= 0.3 is 5.97 Å². The van der Waals surface area contributed by atoms with E-state index in [4.69, 9.17) is 9.51 Å². The number of fused-ring (bicyclic) bond motifs is 3. The summed E-state index contributed by atoms with van der Waals surface area (Å²) in [6, 6.07) is 0. The third-order valence-corrected chi connectivity index (χ3v) is 9.45. The lowest BCUT2D eigenvalue weighted by molar-refractivity contribution is -0.134. The molecule has 34 heavy (non-hydrogen) atoms. The number of carbonyl (C=O) groups is 2. The Balaban J connectivity index is 1.37. The molecule has 6 rings (SSSR count). The zero-order chi connectivity index (χ0) is 23.4. The first-order valence-corrected chi connectivity index (χ1v) is 13.6. The zero-order valence-corrected chi connectivity index (χ0v) is 20.4. The van der Waals surface area contributed by atoms with E-state index in [9.17, 15) is 14.7 Å². The minimum absolute atomic E-state index is 0.0101. The molecule has 0 spiro atoms. The highest BCUT2D eigenvalue weighted by atomic mass is 32.1. The van der Waals surface area contributed by atoms with Crippen LogP contribution >= 0.6 is 11.3 Å². The number of hydrogen-bond acceptors (Lipinski definition) is 6. The molecule has 2 fully saturated rings. The van der Waals surface area contributed by atoms with E-state index in [-0.39, 0.29) is 11.8 Å². The van der Waals surface area contributed by atoms with Crippen molar-refractivity contribution in [2.45, 2.75) is 83.5 Å². The average Bonchev–Trinajstić information content (AvgIpc) is 3.45. The fraction of sp³-hybridized carbons (Fsp3) is 0.615. The third-order valence-electron chi connectivity index (χ3n) is 8.28. The van der Waals surface area contributed by atoms with Gasteiger partial charge in [0, 0.05) is 21.9 Å². The maximum Gasteiger partial charge on any atom is 0.332 e. The number of carbonyl (C=O) groups excluding carboxylic acids is 1. The van der Waals surface area contributed by atoms with Crippen LogP contribution < -0.4 is 5.32 Å². The number of aromatic nitrogens is 2. The van der Waals surface area contributed by atoms with Gasteiger partial charge in [0.25, 0.3) is 11.8 Å². The van der Waals surface area contributed by atoms with Gasteiger partial charge < -0.3 is 14.9 Å². The fourth-order valence-corrected chi connectivity index (χ4v) is 7.59. The predicted octanol–water partition coefficient (Wildman–Crippen LogP) is 5.72. The molecule has 1 amide bonds. The van der Waals surface area contributed by atoms with Crippen LogP contribution in [0.25, 0.3) is 11.5 Å². The van der Waals surface area contributed by atoms with Crippen molar-refractivity contribution in [1.29, 1.82) is 0 Å². The van der Waals surface area contributed by atoms with Gasteiger partial charge in [-0.2, -0.15) is 4.98 Å². The standard InChI is InChI=1S/C26H31N3O4S/c1-2-13-6-9-17-19(12-13)34-25(21(17)24-27-22(29-33-24)15-7-8-15)28-23(30)18-11-14-4-3-5-16(10-14)20(18)26(31)32/h13-16H,2-12H2,1H3,(H,28,30)(H,31,32). The molecule has 2 N–H and O–H groups in total. The smallest absolute Gasteiger partial charge is 0.332 e. The molecule has 2 saturated carbocycles. The van der Waals surface area contributed by atoms with Crippen molar-refractivity contribution in [1.82, 2.24) is 10.1 Å². The summed E-state index contributed by atoms with van der Waals surface area (Å²) in [6.07, 6.45) is 10.8. The SMILES string of the molecule is CCC1CCc2c(sc(NC(=O)C3=C(C(=O)O)C4CCCC(C3)C4)c2-c2nc(C3CC3)no2)C1. The van der Waals surface area contributed by atoms with Crippen molar-refractivity contribution in [3.63, 3.8) is 0 Å². The number of aliphatic carboxylic acids is 1. The Hall–Kier alpha value is -2.48. The second kappa shape index (κ2) is 8.63. The summed E-state index contributed by atoms with van der Waals surface area (Å²) in [4.78, 5) is 31.7. The van der Waals surface area contributed by atoms with E-state index < -0.39 is 5.97 Å². The summed E-state index contributed by atoms with van der Waals surface area (Å²) in [7, 11) is 0. The lowest BCUT2D eigenvalue weighted by Gasteiger charge is -2.35. The number of anilines is 1. The first kappa shape index (κ1) is 22.0. The van der Waals surface area contributed by atoms with Gasteiger partial charge in [-0.3, -0.25) is 4.79 Å². The highest BCUT2D eigenvalue weighted by molar-refractivity contribution is 7.17. The van der Waals surface area contributed by atoms with E-state index >= 15 is 0 Å². The Morgan fingerprint density at radius 2 is 2.00 bits per heavy atom. The fourth-order valence-electron chi connectivity index (χ4n) is 6.24. The molecule has 2 bridgehead atoms. The lowest BCUT2D eigenvalue weighted by atomic mass is 9.69. The molecule has 8 heteroatoms. The Morgan fingerprint density at radius 3 is 2.76 bits per heavy atom. The molecule has 7 nitrogen and oxygen atoms in total. The molecule has 2 heterocycles. The topological polar surface area (TPSA) is 105 Å². The van der Waals surface area contributed by atoms with Gasteiger partial charge in [-0.1, -0.05) is 31.3 Å². The predicted molar refractivity (Wildman–Crippen MR) is 129 cm³/mol. The molecule has 3 atom stereocenters. The number of carboxylic acids is 1. The number of amides is 1. The highest BCUT2D eigenvalue weighted by Crippen LogP contribution is 2.48. The molecular formula is C26H31N3O4S. The molecule has 4 aliphatic carbocycles. The molecule has 0 saturated heterocycles. The maximum atomic E-state index is 13.6. The van der Waals surface area contributed by atoms with Gasteiger partial charge in [-0.05, 0) is 74.7 Å². The van der Waals surface area contributed by atoms with Crippen LogP contribution in [-0.4, -0.2) is 27.1 Å². The molecule has 0 radical (unpaired) electrons. The number of rotatable bonds is 6. The molecular weight excluding hydrogens is 450 g/mol. The molecule has 0 aliphatic heterocycles. The molecule has 0 aromatic carbocycles. The summed E-state index contributed by atoms with van der Waals surface area (Å²) in [5.41, 5.74) is 2.86. The Bertz CT molecular complexity index is 1170. The Morgan fingerprint density at radius 1 is 1.15 bits per heavy atom. The van der Waals surface area contributed by atoms with Crippen molar-refractivity contribution in [2.24, 2.45) is 17.8 Å². The van der Waals surface area contributed by atoms with Crippen molar-refractivity contribution >= 4 is 28.2 Å². The normalized spacial score (nSPS) is 26.3. The van der Waals surface area contributed by atoms with Gasteiger partial charge in [0.1, 0.15) is 5.00 Å². The van der Waals surface area contributed by atoms with E-state index in [2.05, 4.69) is 17.4 Å². The summed E-state index contributed by atoms with van der Waals surface area (Å²) in [6.45, 7) is 2.23. The maximum absolute atomic E-state index is 13.6. The van der Waals surface area contributed by atoms with Crippen LogP contribution in [0.15, 0.2) is 15.7 Å². The van der Waals surface area contributed by atoms with Crippen LogP contribution in [0.5, 0.6) is 0 Å². The van der Waals surface area contributed by atoms with Gasteiger partial charge in [-0.25, -0.2) is 4.79 Å². The minimum Gasteiger partial charge on any atom is -0.478 e. The van der Waals surface area contributed by atoms with E-state index in [1.165, 1.54) is 10.4 Å². The number of hydrogen-bond donors (Lipinski definition) is 2. The van der Waals surface area contributed by atoms with Crippen LogP contribution in [0.4, 0.5) is 5.00 Å². The van der Waals surface area contributed by atoms with Gasteiger partial charge in [0.15, 0.2) is 5.82 Å². The minimum atomic E-state index is -0.946. The Kier molecular flexibility index (Phi) is 5.59. The van der Waals surface area contributed by atoms with Gasteiger partial charge in [0.2, 0.25) is 0 Å². The summed E-state index contributed by atoms with van der Waals surface area (Å²) < 4.78 is 5.71. The zero-order valence-electron chi connectivity index (χ0n) is 19.6. The van der Waals surface area contributed by atoms with Crippen molar-refractivity contribution < 1.29 is 19.2 Å². The lowest BCUT2D eigenvalue weighted by Crippen LogP contribution is -2.32. The van der Waals surface area contributed by atoms with Crippen LogP contribution in [0, 0.1) is 17.8 Å². The first-order valence-electron chi connectivity index (χ1n) is 12.8. The third kappa shape index (κ3) is 3.89. The monoisotopic (exact) mass is 481 g/mol. The van der Waals surface area contributed by atoms with Crippen LogP contribution in [0.1, 0.15) is 86.9 Å². The molecule has 2 aromatic heterocycles. The molecule has 2 aromatic rings. The molecule has 180 valence electrons. The number of carboxylic acid groups (broad SMARTS) is 1. The molecule has 3 unspecified atom stereocenters. The number of nitrogens with zero attached hydrogens (tertiary/aromatic N) is 2. The van der Waals surface area contributed by atoms with Gasteiger partial charge in [-0.15, -0.1) is 11.3 Å². The Labute approximate surface area is 203 Å². The van der Waals surface area contributed by atoms with E-state index in [1.807, 2.05) is 0 Å². The van der Waals surface area contributed by atoms with E-state index in [1.54, 1.807) is 11.3 Å². The quantitative estimate of drug-likeness (QED) is 0.547. The van der Waals surface area contributed by atoms with E-state index in [0.29, 0.717) is 41.2 Å². The summed E-state index contributed by atoms with van der Waals surface area (Å²) in [5.74, 6) is 1.44. The second-order valence-electron chi connectivity index (χ2n) is 10.5. The van der Waals surface area contributed by atoms with Crippen molar-refractivity contribution in [3.8, 4) is 11.5 Å². The average molecular weight is 482 g/mol. The summed E-state index contributed by atoms with van der Waals surface area (Å²) >= 11 is 1.60. The van der Waals surface area contributed by atoms with E-state index in [0.717, 1.165) is 80.6 Å². The molecule has 4 aliphatic rings. The summed E-state index contributed by atoms with van der Waals surface area (Å²) in [5, 5.41) is 18.0. The second-order valence-corrected chi connectivity index (χ2v) is 11.6. The van der Waals surface area contributed by atoms with Crippen molar-refractivity contribution in [3.05, 3.63) is 27.4 Å². The van der Waals surface area contributed by atoms with Gasteiger partial charge in [0.05, 0.1) is 5.56 Å². The number of thiophene rings is 1. The van der Waals surface area contributed by atoms with Crippen LogP contribution in [0.2, 0.25) is 0 Å². The largest absolute Gasteiger partial charge is 0.478 e. The van der Waals surface area contributed by atoms with Crippen LogP contribution in [-0.2, 0) is 22.4 Å². The highest BCUT2D eigenvalue weighted by Gasteiger charge is 2.39. The van der Waals surface area contributed by atoms with Crippen LogP contribution in [0.3, 0.4) is 0 Å². The first-order chi connectivity index (χ1) is 16.5.